The van der Waals surface area contributed by atoms with E-state index in [1.165, 1.54) is 6.92 Å². The Hall–Kier alpha value is -1.56. The molecule has 1 N–H and O–H groups in total. The first-order valence-corrected chi connectivity index (χ1v) is 8.83. The Balaban J connectivity index is 2.87. The lowest BCUT2D eigenvalue weighted by molar-refractivity contribution is -0.120. The molecular formula is C15H23NO4S. The van der Waals surface area contributed by atoms with E-state index in [-0.39, 0.29) is 5.75 Å². The van der Waals surface area contributed by atoms with Gasteiger partial charge in [-0.15, -0.1) is 0 Å². The number of hydrogen-bond donors (Lipinski definition) is 1. The Labute approximate surface area is 126 Å². The maximum atomic E-state index is 12.3. The summed E-state index contributed by atoms with van der Waals surface area (Å²) in [5.74, 6) is -0.111. The molecule has 1 atom stereocenters. The second-order valence-electron chi connectivity index (χ2n) is 4.78. The minimum atomic E-state index is -3.58. The molecule has 0 bridgehead atoms. The first-order chi connectivity index (χ1) is 9.92. The molecular weight excluding hydrogens is 290 g/mol. The average molecular weight is 313 g/mol. The van der Waals surface area contributed by atoms with Gasteiger partial charge >= 0.3 is 0 Å². The number of hydrogen-bond acceptors (Lipinski definition) is 4. The Kier molecular flexibility index (Phi) is 6.68. The van der Waals surface area contributed by atoms with Crippen molar-refractivity contribution in [3.05, 3.63) is 29.8 Å². The summed E-state index contributed by atoms with van der Waals surface area (Å²) in [5.41, 5.74) is 0.578. The van der Waals surface area contributed by atoms with E-state index in [9.17, 15) is 13.2 Å². The van der Waals surface area contributed by atoms with Crippen LogP contribution in [0.2, 0.25) is 0 Å². The molecule has 0 spiro atoms. The first kappa shape index (κ1) is 17.5. The summed E-state index contributed by atoms with van der Waals surface area (Å²) < 4.78 is 30.1. The van der Waals surface area contributed by atoms with Crippen LogP contribution in [0.3, 0.4) is 0 Å². The van der Waals surface area contributed by atoms with Gasteiger partial charge in [-0.25, -0.2) is 8.42 Å². The van der Waals surface area contributed by atoms with Crippen molar-refractivity contribution in [1.82, 2.24) is 5.32 Å². The van der Waals surface area contributed by atoms with Gasteiger partial charge in [-0.05, 0) is 26.3 Å². The highest BCUT2D eigenvalue weighted by Gasteiger charge is 2.28. The van der Waals surface area contributed by atoms with Crippen molar-refractivity contribution in [1.29, 1.82) is 0 Å². The third-order valence-electron chi connectivity index (χ3n) is 3.09. The fourth-order valence-corrected chi connectivity index (χ4v) is 3.15. The highest BCUT2D eigenvalue weighted by molar-refractivity contribution is 7.92. The van der Waals surface area contributed by atoms with Gasteiger partial charge in [0.1, 0.15) is 11.0 Å². The molecule has 21 heavy (non-hydrogen) atoms. The molecule has 0 radical (unpaired) electrons. The van der Waals surface area contributed by atoms with Crippen LogP contribution in [-0.4, -0.2) is 32.7 Å². The minimum Gasteiger partial charge on any atom is -0.494 e. The number of amides is 1. The number of carbonyl (C=O) groups is 1. The molecule has 0 aliphatic rings. The normalized spacial score (nSPS) is 12.7. The predicted molar refractivity (Wildman–Crippen MR) is 83.0 cm³/mol. The Bertz CT molecular complexity index is 569. The van der Waals surface area contributed by atoms with Crippen LogP contribution in [0, 0.1) is 0 Å². The summed E-state index contributed by atoms with van der Waals surface area (Å²) in [5, 5.41) is 1.54. The highest BCUT2D eigenvalue weighted by atomic mass is 32.2. The second kappa shape index (κ2) is 8.02. The molecule has 1 unspecified atom stereocenters. The van der Waals surface area contributed by atoms with E-state index in [4.69, 9.17) is 4.74 Å². The molecule has 118 valence electrons. The van der Waals surface area contributed by atoms with Crippen LogP contribution < -0.4 is 10.1 Å². The molecule has 0 saturated carbocycles. The van der Waals surface area contributed by atoms with Gasteiger partial charge < -0.3 is 10.1 Å². The van der Waals surface area contributed by atoms with Gasteiger partial charge in [0.25, 0.3) is 0 Å². The Morgan fingerprint density at radius 3 is 2.57 bits per heavy atom. The summed E-state index contributed by atoms with van der Waals surface area (Å²) in [7, 11) is -3.58. The molecule has 0 heterocycles. The fourth-order valence-electron chi connectivity index (χ4n) is 1.82. The van der Waals surface area contributed by atoms with Gasteiger partial charge in [-0.3, -0.25) is 4.79 Å². The lowest BCUT2D eigenvalue weighted by Gasteiger charge is -2.15. The molecule has 1 aromatic carbocycles. The molecule has 1 aromatic rings. The van der Waals surface area contributed by atoms with E-state index in [1.807, 2.05) is 13.8 Å². The van der Waals surface area contributed by atoms with Gasteiger partial charge in [-0.1, -0.05) is 25.1 Å². The number of para-hydroxylation sites is 1. The maximum Gasteiger partial charge on any atom is 0.238 e. The van der Waals surface area contributed by atoms with Crippen LogP contribution in [0.25, 0.3) is 0 Å². The zero-order valence-electron chi connectivity index (χ0n) is 12.8. The van der Waals surface area contributed by atoms with Crippen LogP contribution in [-0.2, 0) is 20.4 Å². The van der Waals surface area contributed by atoms with Gasteiger partial charge in [0.2, 0.25) is 5.91 Å². The van der Waals surface area contributed by atoms with Gasteiger partial charge in [-0.2, -0.15) is 0 Å². The zero-order valence-corrected chi connectivity index (χ0v) is 13.6. The topological polar surface area (TPSA) is 72.5 Å². The average Bonchev–Trinajstić information content (AvgIpc) is 2.46. The fraction of sp³-hybridized carbons (Fsp3) is 0.533. The molecule has 1 amide bonds. The van der Waals surface area contributed by atoms with Crippen molar-refractivity contribution in [2.45, 2.75) is 38.2 Å². The van der Waals surface area contributed by atoms with Crippen molar-refractivity contribution < 1.29 is 17.9 Å². The maximum absolute atomic E-state index is 12.3. The largest absolute Gasteiger partial charge is 0.494 e. The van der Waals surface area contributed by atoms with Crippen LogP contribution in [0.15, 0.2) is 24.3 Å². The van der Waals surface area contributed by atoms with Crippen LogP contribution in [0.5, 0.6) is 5.75 Å². The monoisotopic (exact) mass is 313 g/mol. The molecule has 0 saturated heterocycles. The molecule has 1 rings (SSSR count). The standard InChI is InChI=1S/C15H23NO4S/c1-4-10-16-15(17)12(3)21(18,19)11-13-8-6-7-9-14(13)20-5-2/h6-9,12H,4-5,10-11H2,1-3H3,(H,16,17). The number of sulfone groups is 1. The van der Waals surface area contributed by atoms with Gasteiger partial charge in [0.15, 0.2) is 9.84 Å². The highest BCUT2D eigenvalue weighted by Crippen LogP contribution is 2.22. The number of carbonyl (C=O) groups excluding carboxylic acids is 1. The summed E-state index contributed by atoms with van der Waals surface area (Å²) in [4.78, 5) is 11.8. The van der Waals surface area contributed by atoms with E-state index in [2.05, 4.69) is 5.32 Å². The number of nitrogens with one attached hydrogen (secondary N) is 1. The molecule has 0 aliphatic heterocycles. The van der Waals surface area contributed by atoms with E-state index in [0.717, 1.165) is 6.42 Å². The van der Waals surface area contributed by atoms with E-state index in [1.54, 1.807) is 24.3 Å². The van der Waals surface area contributed by atoms with E-state index < -0.39 is 21.0 Å². The van der Waals surface area contributed by atoms with Crippen LogP contribution >= 0.6 is 0 Å². The van der Waals surface area contributed by atoms with Crippen LogP contribution in [0.1, 0.15) is 32.8 Å². The Morgan fingerprint density at radius 2 is 1.95 bits per heavy atom. The Morgan fingerprint density at radius 1 is 1.29 bits per heavy atom. The molecule has 0 aliphatic carbocycles. The van der Waals surface area contributed by atoms with E-state index >= 15 is 0 Å². The van der Waals surface area contributed by atoms with Gasteiger partial charge in [0, 0.05) is 12.1 Å². The van der Waals surface area contributed by atoms with Crippen molar-refractivity contribution >= 4 is 15.7 Å². The van der Waals surface area contributed by atoms with Crippen LogP contribution in [0.4, 0.5) is 0 Å². The predicted octanol–water partition coefficient (Wildman–Crippen LogP) is 1.91. The lowest BCUT2D eigenvalue weighted by Crippen LogP contribution is -2.38. The SMILES string of the molecule is CCCNC(=O)C(C)S(=O)(=O)Cc1ccccc1OCC. The summed E-state index contributed by atoms with van der Waals surface area (Å²) >= 11 is 0. The van der Waals surface area contributed by atoms with Crippen molar-refractivity contribution in [3.8, 4) is 5.75 Å². The van der Waals surface area contributed by atoms with Crippen molar-refractivity contribution in [2.24, 2.45) is 0 Å². The van der Waals surface area contributed by atoms with Crippen molar-refractivity contribution in [3.63, 3.8) is 0 Å². The molecule has 0 fully saturated rings. The number of rotatable bonds is 8. The molecule has 5 nitrogen and oxygen atoms in total. The summed E-state index contributed by atoms with van der Waals surface area (Å²) in [6, 6.07) is 6.99. The summed E-state index contributed by atoms with van der Waals surface area (Å²) in [6.07, 6.45) is 0.770. The minimum absolute atomic E-state index is 0.204. The first-order valence-electron chi connectivity index (χ1n) is 7.12. The third kappa shape index (κ3) is 5.04. The smallest absolute Gasteiger partial charge is 0.238 e. The quantitative estimate of drug-likeness (QED) is 0.796. The van der Waals surface area contributed by atoms with Gasteiger partial charge in [0.05, 0.1) is 12.4 Å². The second-order valence-corrected chi connectivity index (χ2v) is 7.10. The third-order valence-corrected chi connectivity index (χ3v) is 5.09. The molecule has 0 aromatic heterocycles. The number of benzene rings is 1. The summed E-state index contributed by atoms with van der Waals surface area (Å²) in [6.45, 7) is 6.12. The lowest BCUT2D eigenvalue weighted by atomic mass is 10.2. The van der Waals surface area contributed by atoms with E-state index in [0.29, 0.717) is 24.5 Å². The molecule has 6 heteroatoms. The van der Waals surface area contributed by atoms with Crippen molar-refractivity contribution in [2.75, 3.05) is 13.2 Å². The zero-order chi connectivity index (χ0) is 15.9. The number of ether oxygens (including phenoxy) is 1.